The summed E-state index contributed by atoms with van der Waals surface area (Å²) in [7, 11) is 4.45. The summed E-state index contributed by atoms with van der Waals surface area (Å²) in [5.41, 5.74) is 5.99. The van der Waals surface area contributed by atoms with Crippen molar-refractivity contribution in [1.29, 1.82) is 0 Å². The maximum atomic E-state index is 5.75. The Morgan fingerprint density at radius 1 is 1.47 bits per heavy atom. The number of likely N-dealkylation sites (tertiary alicyclic amines) is 1. The van der Waals surface area contributed by atoms with Crippen LogP contribution >= 0.6 is 0 Å². The topological polar surface area (TPSA) is 32.5 Å². The summed E-state index contributed by atoms with van der Waals surface area (Å²) in [4.78, 5) is 4.91. The van der Waals surface area contributed by atoms with Gasteiger partial charge in [0, 0.05) is 19.1 Å². The Hall–Kier alpha value is -0.120. The summed E-state index contributed by atoms with van der Waals surface area (Å²) < 4.78 is 0. The van der Waals surface area contributed by atoms with Crippen molar-refractivity contribution < 1.29 is 0 Å². The van der Waals surface area contributed by atoms with Crippen LogP contribution in [0.4, 0.5) is 0 Å². The van der Waals surface area contributed by atoms with Gasteiger partial charge in [-0.2, -0.15) is 0 Å². The summed E-state index contributed by atoms with van der Waals surface area (Å²) in [6.45, 7) is 8.77. The van der Waals surface area contributed by atoms with Gasteiger partial charge in [-0.05, 0) is 45.4 Å². The molecule has 0 aromatic rings. The summed E-state index contributed by atoms with van der Waals surface area (Å²) in [5, 5.41) is 0. The number of rotatable bonds is 5. The van der Waals surface area contributed by atoms with Gasteiger partial charge in [0.2, 0.25) is 0 Å². The lowest BCUT2D eigenvalue weighted by atomic mass is 9.93. The van der Waals surface area contributed by atoms with Crippen LogP contribution in [0.3, 0.4) is 0 Å². The monoisotopic (exact) mass is 213 g/mol. The van der Waals surface area contributed by atoms with E-state index < -0.39 is 0 Å². The Balaban J connectivity index is 2.32. The summed E-state index contributed by atoms with van der Waals surface area (Å²) in [6.07, 6.45) is 2.71. The first-order valence-electron chi connectivity index (χ1n) is 6.03. The second-order valence-electron chi connectivity index (χ2n) is 5.84. The third-order valence-electron chi connectivity index (χ3n) is 3.44. The van der Waals surface area contributed by atoms with Crippen molar-refractivity contribution in [2.24, 2.45) is 11.1 Å². The van der Waals surface area contributed by atoms with E-state index in [4.69, 9.17) is 5.73 Å². The molecule has 90 valence electrons. The Morgan fingerprint density at radius 2 is 2.13 bits per heavy atom. The molecule has 2 N–H and O–H groups in total. The Kier molecular flexibility index (Phi) is 4.56. The predicted octanol–water partition coefficient (Wildman–Crippen LogP) is 0.997. The first-order valence-corrected chi connectivity index (χ1v) is 6.03. The lowest BCUT2D eigenvalue weighted by Gasteiger charge is -2.32. The molecule has 0 bridgehead atoms. The van der Waals surface area contributed by atoms with E-state index >= 15 is 0 Å². The molecule has 0 saturated carbocycles. The molecule has 1 aliphatic heterocycles. The molecule has 15 heavy (non-hydrogen) atoms. The highest BCUT2D eigenvalue weighted by atomic mass is 15.2. The van der Waals surface area contributed by atoms with Crippen LogP contribution in [0.5, 0.6) is 0 Å². The van der Waals surface area contributed by atoms with Crippen molar-refractivity contribution in [2.75, 3.05) is 40.3 Å². The van der Waals surface area contributed by atoms with Gasteiger partial charge in [-0.3, -0.25) is 0 Å². The maximum absolute atomic E-state index is 5.75. The second-order valence-corrected chi connectivity index (χ2v) is 5.84. The van der Waals surface area contributed by atoms with Crippen LogP contribution in [0.1, 0.15) is 26.7 Å². The van der Waals surface area contributed by atoms with E-state index in [-0.39, 0.29) is 5.41 Å². The molecular formula is C12H27N3. The van der Waals surface area contributed by atoms with Gasteiger partial charge in [0.25, 0.3) is 0 Å². The molecule has 1 heterocycles. The van der Waals surface area contributed by atoms with E-state index in [1.807, 2.05) is 0 Å². The highest BCUT2D eigenvalue weighted by Crippen LogP contribution is 2.18. The molecule has 0 aromatic heterocycles. The standard InChI is InChI=1S/C12H27N3/c1-12(2,9-13)10-14(3)8-11-6-5-7-15(11)4/h11H,5-10,13H2,1-4H3. The molecule has 0 aliphatic carbocycles. The van der Waals surface area contributed by atoms with Crippen molar-refractivity contribution in [2.45, 2.75) is 32.7 Å². The van der Waals surface area contributed by atoms with Crippen LogP contribution in [-0.4, -0.2) is 56.1 Å². The molecule has 3 nitrogen and oxygen atoms in total. The van der Waals surface area contributed by atoms with Crippen LogP contribution in [0.15, 0.2) is 0 Å². The van der Waals surface area contributed by atoms with E-state index in [1.165, 1.54) is 25.9 Å². The molecule has 0 aromatic carbocycles. The summed E-state index contributed by atoms with van der Waals surface area (Å²) in [5.74, 6) is 0. The first kappa shape index (κ1) is 12.9. The van der Waals surface area contributed by atoms with Crippen LogP contribution < -0.4 is 5.73 Å². The molecular weight excluding hydrogens is 186 g/mol. The second kappa shape index (κ2) is 5.28. The summed E-state index contributed by atoms with van der Waals surface area (Å²) in [6, 6.07) is 0.753. The van der Waals surface area contributed by atoms with Gasteiger partial charge in [0.1, 0.15) is 0 Å². The van der Waals surface area contributed by atoms with Crippen molar-refractivity contribution in [3.8, 4) is 0 Å². The van der Waals surface area contributed by atoms with Crippen molar-refractivity contribution >= 4 is 0 Å². The van der Waals surface area contributed by atoms with E-state index in [0.29, 0.717) is 0 Å². The lowest BCUT2D eigenvalue weighted by Crippen LogP contribution is -2.42. The van der Waals surface area contributed by atoms with Crippen LogP contribution in [0, 0.1) is 5.41 Å². The maximum Gasteiger partial charge on any atom is 0.0220 e. The van der Waals surface area contributed by atoms with Gasteiger partial charge in [0.15, 0.2) is 0 Å². The fraction of sp³-hybridized carbons (Fsp3) is 1.00. The fourth-order valence-corrected chi connectivity index (χ4v) is 2.43. The first-order chi connectivity index (χ1) is 6.94. The molecule has 0 radical (unpaired) electrons. The van der Waals surface area contributed by atoms with Crippen LogP contribution in [-0.2, 0) is 0 Å². The zero-order valence-corrected chi connectivity index (χ0v) is 10.8. The molecule has 3 heteroatoms. The summed E-state index contributed by atoms with van der Waals surface area (Å²) >= 11 is 0. The van der Waals surface area contributed by atoms with E-state index in [2.05, 4.69) is 37.7 Å². The fourth-order valence-electron chi connectivity index (χ4n) is 2.43. The molecule has 1 unspecified atom stereocenters. The zero-order valence-electron chi connectivity index (χ0n) is 10.8. The minimum absolute atomic E-state index is 0.242. The van der Waals surface area contributed by atoms with Gasteiger partial charge in [0.05, 0.1) is 0 Å². The van der Waals surface area contributed by atoms with Gasteiger partial charge in [-0.15, -0.1) is 0 Å². The van der Waals surface area contributed by atoms with E-state index in [1.54, 1.807) is 0 Å². The highest BCUT2D eigenvalue weighted by Gasteiger charge is 2.24. The van der Waals surface area contributed by atoms with Gasteiger partial charge >= 0.3 is 0 Å². The minimum Gasteiger partial charge on any atom is -0.330 e. The van der Waals surface area contributed by atoms with Crippen molar-refractivity contribution in [3.63, 3.8) is 0 Å². The van der Waals surface area contributed by atoms with Crippen molar-refractivity contribution in [1.82, 2.24) is 9.80 Å². The van der Waals surface area contributed by atoms with Gasteiger partial charge in [-0.25, -0.2) is 0 Å². The molecule has 1 atom stereocenters. The average Bonchev–Trinajstić information content (AvgIpc) is 2.51. The minimum atomic E-state index is 0.242. The Morgan fingerprint density at radius 3 is 2.60 bits per heavy atom. The number of nitrogens with two attached hydrogens (primary N) is 1. The number of hydrogen-bond donors (Lipinski definition) is 1. The largest absolute Gasteiger partial charge is 0.330 e. The Labute approximate surface area is 94.6 Å². The van der Waals surface area contributed by atoms with Gasteiger partial charge < -0.3 is 15.5 Å². The van der Waals surface area contributed by atoms with E-state index in [0.717, 1.165) is 19.1 Å². The highest BCUT2D eigenvalue weighted by molar-refractivity contribution is 4.81. The van der Waals surface area contributed by atoms with Crippen LogP contribution in [0.2, 0.25) is 0 Å². The van der Waals surface area contributed by atoms with E-state index in [9.17, 15) is 0 Å². The molecule has 0 spiro atoms. The predicted molar refractivity (Wildman–Crippen MR) is 66.0 cm³/mol. The zero-order chi connectivity index (χ0) is 11.5. The molecule has 0 amide bonds. The van der Waals surface area contributed by atoms with Gasteiger partial charge in [-0.1, -0.05) is 13.8 Å². The molecule has 1 fully saturated rings. The number of likely N-dealkylation sites (N-methyl/N-ethyl adjacent to an activating group) is 2. The number of nitrogens with zero attached hydrogens (tertiary/aromatic N) is 2. The smallest absolute Gasteiger partial charge is 0.0220 e. The molecule has 1 aliphatic rings. The van der Waals surface area contributed by atoms with Crippen molar-refractivity contribution in [3.05, 3.63) is 0 Å². The quantitative estimate of drug-likeness (QED) is 0.739. The number of hydrogen-bond acceptors (Lipinski definition) is 3. The van der Waals surface area contributed by atoms with Crippen LogP contribution in [0.25, 0.3) is 0 Å². The third-order valence-corrected chi connectivity index (χ3v) is 3.44. The average molecular weight is 213 g/mol. The SMILES string of the molecule is CN(CC1CCCN1C)CC(C)(C)CN. The lowest BCUT2D eigenvalue weighted by molar-refractivity contribution is 0.169. The molecule has 1 rings (SSSR count). The third kappa shape index (κ3) is 4.09. The molecule has 1 saturated heterocycles. The Bertz CT molecular complexity index is 191. The normalized spacial score (nSPS) is 24.0.